The first-order valence-electron chi connectivity index (χ1n) is 8.98. The zero-order valence-electron chi connectivity index (χ0n) is 16.2. The Balaban J connectivity index is 1.69. The standard InChI is InChI=1S/C24H24O3/c1-17-5-11-20(12-6-17)26-21-13-7-18(8-14-21)23(25)19-9-15-22(16-10-19)27-24(2,3)4/h5-16H,1-4H3. The highest BCUT2D eigenvalue weighted by Gasteiger charge is 2.13. The minimum absolute atomic E-state index is 0.0285. The lowest BCUT2D eigenvalue weighted by atomic mass is 10.0. The summed E-state index contributed by atoms with van der Waals surface area (Å²) in [6.45, 7) is 8.01. The van der Waals surface area contributed by atoms with Crippen molar-refractivity contribution in [3.63, 3.8) is 0 Å². The Morgan fingerprint density at radius 2 is 1.07 bits per heavy atom. The maximum Gasteiger partial charge on any atom is 0.193 e. The third-order valence-electron chi connectivity index (χ3n) is 3.91. The molecule has 0 atom stereocenters. The molecule has 0 saturated heterocycles. The number of aryl methyl sites for hydroxylation is 1. The van der Waals surface area contributed by atoms with E-state index in [1.807, 2.05) is 76.2 Å². The van der Waals surface area contributed by atoms with E-state index in [0.717, 1.165) is 11.5 Å². The van der Waals surface area contributed by atoms with Crippen molar-refractivity contribution in [2.45, 2.75) is 33.3 Å². The van der Waals surface area contributed by atoms with Gasteiger partial charge in [-0.1, -0.05) is 17.7 Å². The number of ketones is 1. The minimum atomic E-state index is -0.265. The molecule has 0 unspecified atom stereocenters. The number of hydrogen-bond donors (Lipinski definition) is 0. The summed E-state index contributed by atoms with van der Waals surface area (Å²) in [6, 6.07) is 22.3. The van der Waals surface area contributed by atoms with E-state index in [1.165, 1.54) is 5.56 Å². The first-order valence-corrected chi connectivity index (χ1v) is 8.98. The molecule has 0 aliphatic carbocycles. The largest absolute Gasteiger partial charge is 0.488 e. The van der Waals surface area contributed by atoms with E-state index in [-0.39, 0.29) is 11.4 Å². The third-order valence-corrected chi connectivity index (χ3v) is 3.91. The van der Waals surface area contributed by atoms with E-state index in [1.54, 1.807) is 24.3 Å². The third kappa shape index (κ3) is 5.20. The molecule has 0 aromatic heterocycles. The molecule has 0 aliphatic rings. The number of carbonyl (C=O) groups is 1. The molecule has 3 aromatic rings. The van der Waals surface area contributed by atoms with Gasteiger partial charge in [-0.05, 0) is 88.4 Å². The van der Waals surface area contributed by atoms with Crippen molar-refractivity contribution < 1.29 is 14.3 Å². The lowest BCUT2D eigenvalue weighted by molar-refractivity contribution is 0.103. The van der Waals surface area contributed by atoms with Crippen LogP contribution in [-0.2, 0) is 0 Å². The highest BCUT2D eigenvalue weighted by atomic mass is 16.5. The van der Waals surface area contributed by atoms with Crippen molar-refractivity contribution in [3.05, 3.63) is 89.5 Å². The number of hydrogen-bond acceptors (Lipinski definition) is 3. The molecular weight excluding hydrogens is 336 g/mol. The van der Waals surface area contributed by atoms with Crippen molar-refractivity contribution in [2.75, 3.05) is 0 Å². The van der Waals surface area contributed by atoms with Crippen LogP contribution in [0.15, 0.2) is 72.8 Å². The van der Waals surface area contributed by atoms with Gasteiger partial charge in [0.2, 0.25) is 0 Å². The van der Waals surface area contributed by atoms with Crippen molar-refractivity contribution in [2.24, 2.45) is 0 Å². The zero-order valence-corrected chi connectivity index (χ0v) is 16.2. The Hall–Kier alpha value is -3.07. The molecule has 3 nitrogen and oxygen atoms in total. The smallest absolute Gasteiger partial charge is 0.193 e. The van der Waals surface area contributed by atoms with E-state index >= 15 is 0 Å². The van der Waals surface area contributed by atoms with Crippen LogP contribution in [0.4, 0.5) is 0 Å². The van der Waals surface area contributed by atoms with Gasteiger partial charge in [0, 0.05) is 11.1 Å². The highest BCUT2D eigenvalue weighted by molar-refractivity contribution is 6.09. The van der Waals surface area contributed by atoms with Crippen LogP contribution in [0.2, 0.25) is 0 Å². The van der Waals surface area contributed by atoms with Crippen LogP contribution in [0.3, 0.4) is 0 Å². The molecule has 138 valence electrons. The monoisotopic (exact) mass is 360 g/mol. The summed E-state index contributed by atoms with van der Waals surface area (Å²) in [5.41, 5.74) is 2.17. The van der Waals surface area contributed by atoms with E-state index in [4.69, 9.17) is 9.47 Å². The van der Waals surface area contributed by atoms with Gasteiger partial charge in [-0.25, -0.2) is 0 Å². The molecule has 0 bridgehead atoms. The van der Waals surface area contributed by atoms with Gasteiger partial charge in [0.25, 0.3) is 0 Å². The predicted molar refractivity (Wildman–Crippen MR) is 108 cm³/mol. The van der Waals surface area contributed by atoms with Gasteiger partial charge in [-0.15, -0.1) is 0 Å². The average Bonchev–Trinajstić information content (AvgIpc) is 2.63. The Morgan fingerprint density at radius 1 is 0.667 bits per heavy atom. The first kappa shape index (κ1) is 18.7. The minimum Gasteiger partial charge on any atom is -0.488 e. The summed E-state index contributed by atoms with van der Waals surface area (Å²) < 4.78 is 11.6. The number of ether oxygens (including phenoxy) is 2. The summed E-state index contributed by atoms with van der Waals surface area (Å²) in [5.74, 6) is 2.19. The van der Waals surface area contributed by atoms with Gasteiger partial charge in [0.15, 0.2) is 5.78 Å². The van der Waals surface area contributed by atoms with E-state index < -0.39 is 0 Å². The second-order valence-corrected chi connectivity index (χ2v) is 7.51. The maximum absolute atomic E-state index is 12.7. The van der Waals surface area contributed by atoms with E-state index in [9.17, 15) is 4.79 Å². The summed E-state index contributed by atoms with van der Waals surface area (Å²) >= 11 is 0. The molecule has 27 heavy (non-hydrogen) atoms. The highest BCUT2D eigenvalue weighted by Crippen LogP contribution is 2.24. The quantitative estimate of drug-likeness (QED) is 0.509. The summed E-state index contributed by atoms with van der Waals surface area (Å²) in [6.07, 6.45) is 0. The van der Waals surface area contributed by atoms with Crippen LogP contribution < -0.4 is 9.47 Å². The molecule has 0 aliphatic heterocycles. The lowest BCUT2D eigenvalue weighted by Gasteiger charge is -2.21. The molecule has 0 N–H and O–H groups in total. The van der Waals surface area contributed by atoms with Gasteiger partial charge in [0.05, 0.1) is 0 Å². The molecule has 0 fully saturated rings. The van der Waals surface area contributed by atoms with E-state index in [0.29, 0.717) is 16.9 Å². The van der Waals surface area contributed by atoms with Crippen LogP contribution in [0.25, 0.3) is 0 Å². The maximum atomic E-state index is 12.7. The lowest BCUT2D eigenvalue weighted by Crippen LogP contribution is -2.22. The fraction of sp³-hybridized carbons (Fsp3) is 0.208. The topological polar surface area (TPSA) is 35.5 Å². The fourth-order valence-electron chi connectivity index (χ4n) is 2.61. The Morgan fingerprint density at radius 3 is 1.52 bits per heavy atom. The van der Waals surface area contributed by atoms with Gasteiger partial charge in [0.1, 0.15) is 22.8 Å². The SMILES string of the molecule is Cc1ccc(Oc2ccc(C(=O)c3ccc(OC(C)(C)C)cc3)cc2)cc1. The fourth-order valence-corrected chi connectivity index (χ4v) is 2.61. The van der Waals surface area contributed by atoms with Gasteiger partial charge >= 0.3 is 0 Å². The zero-order chi connectivity index (χ0) is 19.4. The van der Waals surface area contributed by atoms with Crippen molar-refractivity contribution in [3.8, 4) is 17.2 Å². The first-order chi connectivity index (χ1) is 12.8. The Bertz CT molecular complexity index is 900. The van der Waals surface area contributed by atoms with Crippen molar-refractivity contribution in [1.82, 2.24) is 0 Å². The normalized spacial score (nSPS) is 11.1. The van der Waals surface area contributed by atoms with Gasteiger partial charge < -0.3 is 9.47 Å². The molecule has 0 amide bonds. The number of benzene rings is 3. The molecular formula is C24H24O3. The van der Waals surface area contributed by atoms with Crippen LogP contribution in [0.5, 0.6) is 17.2 Å². The Kier molecular flexibility index (Phi) is 5.31. The van der Waals surface area contributed by atoms with Crippen LogP contribution in [-0.4, -0.2) is 11.4 Å². The second kappa shape index (κ2) is 7.67. The second-order valence-electron chi connectivity index (χ2n) is 7.51. The molecule has 0 heterocycles. The van der Waals surface area contributed by atoms with Crippen molar-refractivity contribution in [1.29, 1.82) is 0 Å². The summed E-state index contributed by atoms with van der Waals surface area (Å²) in [4.78, 5) is 12.7. The van der Waals surface area contributed by atoms with Crippen LogP contribution in [0.1, 0.15) is 42.3 Å². The van der Waals surface area contributed by atoms with Gasteiger partial charge in [-0.2, -0.15) is 0 Å². The molecule has 0 saturated carbocycles. The number of carbonyl (C=O) groups excluding carboxylic acids is 1. The molecule has 3 heteroatoms. The molecule has 3 aromatic carbocycles. The van der Waals surface area contributed by atoms with Crippen molar-refractivity contribution >= 4 is 5.78 Å². The van der Waals surface area contributed by atoms with E-state index in [2.05, 4.69) is 0 Å². The molecule has 3 rings (SSSR count). The van der Waals surface area contributed by atoms with Gasteiger partial charge in [-0.3, -0.25) is 4.79 Å². The number of rotatable bonds is 5. The summed E-state index contributed by atoms with van der Waals surface area (Å²) in [7, 11) is 0. The predicted octanol–water partition coefficient (Wildman–Crippen LogP) is 6.20. The van der Waals surface area contributed by atoms with Crippen LogP contribution >= 0.6 is 0 Å². The summed E-state index contributed by atoms with van der Waals surface area (Å²) in [5, 5.41) is 0. The molecule has 0 radical (unpaired) electrons. The Labute approximate surface area is 160 Å². The van der Waals surface area contributed by atoms with Crippen LogP contribution in [0, 0.1) is 6.92 Å². The average molecular weight is 360 g/mol. The molecule has 0 spiro atoms.